The number of rotatable bonds is 4. The molecule has 7 aromatic carbocycles. The first-order chi connectivity index (χ1) is 26.1. The molecule has 252 valence electrons. The molecule has 1 heteroatoms. The smallest absolute Gasteiger partial charge is 0.0726 e. The summed E-state index contributed by atoms with van der Waals surface area (Å²) in [5.74, 6) is 0. The van der Waals surface area contributed by atoms with Crippen molar-refractivity contribution in [3.05, 3.63) is 215 Å². The van der Waals surface area contributed by atoms with Gasteiger partial charge >= 0.3 is 0 Å². The standard InChI is InChI=1S/C52H39N/c1-51(2)44-23-11-6-19-38(44)42-30-28-35(32-48(42)51)53(50-27-15-10-18-37(50)34-16-4-3-5-17-34)36-29-31-43-41-22-9-14-26-47(41)52(49(43)33-36)45-24-12-7-20-39(45)40-21-8-13-25-46(40)52/h3-10,12-22,24-33H,11,23H2,1-2H3. The van der Waals surface area contributed by atoms with Gasteiger partial charge in [0.1, 0.15) is 0 Å². The second-order valence-electron chi connectivity index (χ2n) is 15.5. The maximum absolute atomic E-state index is 2.52. The summed E-state index contributed by atoms with van der Waals surface area (Å²) in [7, 11) is 0. The Bertz CT molecular complexity index is 2640. The molecule has 1 spiro atoms. The molecule has 0 atom stereocenters. The second-order valence-corrected chi connectivity index (χ2v) is 15.5. The van der Waals surface area contributed by atoms with E-state index in [1.807, 2.05) is 0 Å². The third-order valence-corrected chi connectivity index (χ3v) is 12.6. The molecule has 0 bridgehead atoms. The molecule has 4 aliphatic rings. The third-order valence-electron chi connectivity index (χ3n) is 12.6. The summed E-state index contributed by atoms with van der Waals surface area (Å²) in [5, 5.41) is 0. The van der Waals surface area contributed by atoms with Gasteiger partial charge in [-0.15, -0.1) is 0 Å². The van der Waals surface area contributed by atoms with Crippen LogP contribution < -0.4 is 4.90 Å². The van der Waals surface area contributed by atoms with Gasteiger partial charge in [0.15, 0.2) is 0 Å². The molecule has 0 aromatic heterocycles. The van der Waals surface area contributed by atoms with E-state index in [1.165, 1.54) is 83.7 Å². The fraction of sp³-hybridized carbons (Fsp3) is 0.115. The Balaban J connectivity index is 1.19. The molecule has 4 aliphatic carbocycles. The zero-order valence-electron chi connectivity index (χ0n) is 30.1. The van der Waals surface area contributed by atoms with Crippen LogP contribution in [0.2, 0.25) is 0 Å². The van der Waals surface area contributed by atoms with Crippen LogP contribution in [0.15, 0.2) is 182 Å². The van der Waals surface area contributed by atoms with Crippen LogP contribution in [0.5, 0.6) is 0 Å². The minimum absolute atomic E-state index is 0.0308. The summed E-state index contributed by atoms with van der Waals surface area (Å²) in [6.07, 6.45) is 6.95. The van der Waals surface area contributed by atoms with Gasteiger partial charge in [-0.1, -0.05) is 165 Å². The lowest BCUT2D eigenvalue weighted by Crippen LogP contribution is -2.26. The number of hydrogen-bond donors (Lipinski definition) is 0. The fourth-order valence-corrected chi connectivity index (χ4v) is 10.3. The molecule has 0 fully saturated rings. The molecule has 1 nitrogen and oxygen atoms in total. The highest BCUT2D eigenvalue weighted by molar-refractivity contribution is 5.97. The molecule has 0 unspecified atom stereocenters. The summed E-state index contributed by atoms with van der Waals surface area (Å²) in [6.45, 7) is 4.84. The quantitative estimate of drug-likeness (QED) is 0.179. The van der Waals surface area contributed by atoms with E-state index < -0.39 is 5.41 Å². The molecule has 0 saturated heterocycles. The average molecular weight is 678 g/mol. The van der Waals surface area contributed by atoms with Gasteiger partial charge in [0.2, 0.25) is 0 Å². The maximum atomic E-state index is 2.52. The predicted octanol–water partition coefficient (Wildman–Crippen LogP) is 13.6. The van der Waals surface area contributed by atoms with Gasteiger partial charge in [-0.3, -0.25) is 0 Å². The Morgan fingerprint density at radius 2 is 0.962 bits per heavy atom. The highest BCUT2D eigenvalue weighted by Crippen LogP contribution is 2.63. The van der Waals surface area contributed by atoms with Crippen molar-refractivity contribution in [3.8, 4) is 33.4 Å². The van der Waals surface area contributed by atoms with E-state index in [2.05, 4.69) is 195 Å². The Morgan fingerprint density at radius 1 is 0.453 bits per heavy atom. The zero-order chi connectivity index (χ0) is 35.3. The number of para-hydroxylation sites is 1. The Morgan fingerprint density at radius 3 is 1.60 bits per heavy atom. The number of fused-ring (bicyclic) bond motifs is 12. The van der Waals surface area contributed by atoms with E-state index in [0.29, 0.717) is 0 Å². The molecule has 0 aliphatic heterocycles. The minimum Gasteiger partial charge on any atom is -0.310 e. The Kier molecular flexibility index (Phi) is 6.41. The van der Waals surface area contributed by atoms with Crippen LogP contribution in [0.4, 0.5) is 17.1 Å². The lowest BCUT2D eigenvalue weighted by atomic mass is 9.70. The van der Waals surface area contributed by atoms with Gasteiger partial charge in [0, 0.05) is 22.4 Å². The van der Waals surface area contributed by atoms with Crippen LogP contribution in [0.1, 0.15) is 60.1 Å². The molecule has 0 heterocycles. The summed E-state index contributed by atoms with van der Waals surface area (Å²) < 4.78 is 0. The third kappa shape index (κ3) is 4.08. The van der Waals surface area contributed by atoms with Crippen LogP contribution in [0.25, 0.3) is 39.0 Å². The van der Waals surface area contributed by atoms with Gasteiger partial charge in [0.25, 0.3) is 0 Å². The largest absolute Gasteiger partial charge is 0.310 e. The van der Waals surface area contributed by atoms with E-state index in [0.717, 1.165) is 18.5 Å². The minimum atomic E-state index is -0.408. The van der Waals surface area contributed by atoms with Crippen LogP contribution >= 0.6 is 0 Å². The van der Waals surface area contributed by atoms with Crippen molar-refractivity contribution < 1.29 is 0 Å². The number of allylic oxidation sites excluding steroid dienone is 4. The van der Waals surface area contributed by atoms with Crippen molar-refractivity contribution >= 4 is 22.6 Å². The molecule has 53 heavy (non-hydrogen) atoms. The van der Waals surface area contributed by atoms with Crippen LogP contribution in [-0.2, 0) is 10.8 Å². The molecular formula is C52H39N. The van der Waals surface area contributed by atoms with E-state index in [-0.39, 0.29) is 5.41 Å². The summed E-state index contributed by atoms with van der Waals surface area (Å²) in [5.41, 5.74) is 22.0. The van der Waals surface area contributed by atoms with Gasteiger partial charge in [-0.2, -0.15) is 0 Å². The first kappa shape index (κ1) is 30.4. The van der Waals surface area contributed by atoms with Gasteiger partial charge in [-0.05, 0) is 110 Å². The van der Waals surface area contributed by atoms with Crippen LogP contribution in [0.3, 0.4) is 0 Å². The highest BCUT2D eigenvalue weighted by atomic mass is 15.1. The lowest BCUT2D eigenvalue weighted by Gasteiger charge is -2.33. The SMILES string of the molecule is CC1(C)C2=C(C=CCC2)c2ccc(N(c3ccc4c(c3)C3(c5ccccc5-c5ccccc53)c3ccccc3-4)c3ccccc3-c3ccccc3)cc21. The van der Waals surface area contributed by atoms with Crippen molar-refractivity contribution in [2.45, 2.75) is 37.5 Å². The lowest BCUT2D eigenvalue weighted by molar-refractivity contribution is 0.607. The predicted molar refractivity (Wildman–Crippen MR) is 221 cm³/mol. The number of hydrogen-bond acceptors (Lipinski definition) is 1. The van der Waals surface area contributed by atoms with Gasteiger partial charge < -0.3 is 4.90 Å². The van der Waals surface area contributed by atoms with Crippen molar-refractivity contribution in [2.24, 2.45) is 0 Å². The van der Waals surface area contributed by atoms with E-state index >= 15 is 0 Å². The highest BCUT2D eigenvalue weighted by Gasteiger charge is 2.51. The number of anilines is 3. The molecular weight excluding hydrogens is 639 g/mol. The van der Waals surface area contributed by atoms with Gasteiger partial charge in [-0.25, -0.2) is 0 Å². The van der Waals surface area contributed by atoms with Gasteiger partial charge in [0.05, 0.1) is 11.1 Å². The molecule has 11 rings (SSSR count). The topological polar surface area (TPSA) is 3.24 Å². The van der Waals surface area contributed by atoms with Crippen LogP contribution in [0, 0.1) is 0 Å². The molecule has 7 aromatic rings. The van der Waals surface area contributed by atoms with E-state index in [1.54, 1.807) is 5.57 Å². The summed E-state index contributed by atoms with van der Waals surface area (Å²) >= 11 is 0. The maximum Gasteiger partial charge on any atom is 0.0726 e. The molecule has 0 amide bonds. The van der Waals surface area contributed by atoms with Crippen molar-refractivity contribution in [1.82, 2.24) is 0 Å². The number of benzene rings is 7. The van der Waals surface area contributed by atoms with Crippen molar-refractivity contribution in [1.29, 1.82) is 0 Å². The monoisotopic (exact) mass is 677 g/mol. The van der Waals surface area contributed by atoms with E-state index in [9.17, 15) is 0 Å². The normalized spacial score (nSPS) is 16.1. The van der Waals surface area contributed by atoms with E-state index in [4.69, 9.17) is 0 Å². The Hall–Kier alpha value is -6.18. The van der Waals surface area contributed by atoms with Crippen molar-refractivity contribution in [3.63, 3.8) is 0 Å². The first-order valence-corrected chi connectivity index (χ1v) is 19.0. The zero-order valence-corrected chi connectivity index (χ0v) is 30.1. The number of nitrogens with zero attached hydrogens (tertiary/aromatic N) is 1. The Labute approximate surface area is 312 Å². The molecule has 0 saturated carbocycles. The average Bonchev–Trinajstić information content (AvgIpc) is 3.77. The summed E-state index contributed by atoms with van der Waals surface area (Å²) in [4.78, 5) is 2.52. The first-order valence-electron chi connectivity index (χ1n) is 19.0. The molecule has 0 N–H and O–H groups in total. The fourth-order valence-electron chi connectivity index (χ4n) is 10.3. The van der Waals surface area contributed by atoms with Crippen LogP contribution in [-0.4, -0.2) is 0 Å². The summed E-state index contributed by atoms with van der Waals surface area (Å²) in [6, 6.07) is 61.5. The second kappa shape index (κ2) is 11.2. The molecule has 0 radical (unpaired) electrons. The van der Waals surface area contributed by atoms with Crippen molar-refractivity contribution in [2.75, 3.05) is 4.90 Å².